The molecule has 0 saturated heterocycles. The number of aromatic nitrogens is 1. The van der Waals surface area contributed by atoms with Crippen LogP contribution in [0.2, 0.25) is 0 Å². The first-order chi connectivity index (χ1) is 8.24. The third kappa shape index (κ3) is 2.73. The van der Waals surface area contributed by atoms with Crippen LogP contribution in [0.25, 0.3) is 10.2 Å². The fraction of sp³-hybridized carbons (Fsp3) is 0.333. The first-order valence-electron chi connectivity index (χ1n) is 5.57. The number of para-hydroxylation sites is 1. The van der Waals surface area contributed by atoms with Gasteiger partial charge in [0, 0.05) is 13.1 Å². The van der Waals surface area contributed by atoms with Gasteiger partial charge in [0.25, 0.3) is 10.4 Å². The minimum atomic E-state index is 0.494. The van der Waals surface area contributed by atoms with E-state index in [1.54, 1.807) is 0 Å². The number of thiocarbonyl (C=S) groups is 1. The van der Waals surface area contributed by atoms with Crippen molar-refractivity contribution in [2.24, 2.45) is 0 Å². The molecule has 0 radical (unpaired) electrons. The summed E-state index contributed by atoms with van der Waals surface area (Å²) in [6.45, 7) is 5.80. The Morgan fingerprint density at radius 1 is 1.35 bits per heavy atom. The summed E-state index contributed by atoms with van der Waals surface area (Å²) in [6.07, 6.45) is 0. The highest BCUT2D eigenvalue weighted by atomic mass is 32.1. The summed E-state index contributed by atoms with van der Waals surface area (Å²) in [7, 11) is 0. The molecule has 0 aliphatic carbocycles. The van der Waals surface area contributed by atoms with E-state index in [2.05, 4.69) is 18.8 Å². The van der Waals surface area contributed by atoms with E-state index in [-0.39, 0.29) is 0 Å². The maximum Gasteiger partial charge on any atom is 0.281 e. The lowest BCUT2D eigenvalue weighted by atomic mass is 10.3. The Morgan fingerprint density at radius 3 is 2.71 bits per heavy atom. The second kappa shape index (κ2) is 5.42. The molecule has 0 unspecified atom stereocenters. The zero-order valence-electron chi connectivity index (χ0n) is 9.84. The molecular formula is C12H14N2OS2. The molecule has 0 N–H and O–H groups in total. The minimum Gasteiger partial charge on any atom is -0.403 e. The lowest BCUT2D eigenvalue weighted by Gasteiger charge is -2.19. The highest BCUT2D eigenvalue weighted by molar-refractivity contribution is 7.80. The Labute approximate surface area is 110 Å². The summed E-state index contributed by atoms with van der Waals surface area (Å²) in [5, 5.41) is 1.11. The van der Waals surface area contributed by atoms with E-state index in [4.69, 9.17) is 17.0 Å². The van der Waals surface area contributed by atoms with Crippen LogP contribution in [0.15, 0.2) is 24.3 Å². The molecule has 1 aromatic carbocycles. The van der Waals surface area contributed by atoms with Gasteiger partial charge in [-0.15, -0.1) is 0 Å². The van der Waals surface area contributed by atoms with E-state index >= 15 is 0 Å². The maximum absolute atomic E-state index is 5.61. The molecular weight excluding hydrogens is 252 g/mol. The fourth-order valence-corrected chi connectivity index (χ4v) is 2.72. The van der Waals surface area contributed by atoms with Crippen LogP contribution in [0.4, 0.5) is 0 Å². The van der Waals surface area contributed by atoms with Gasteiger partial charge in [0.1, 0.15) is 0 Å². The van der Waals surface area contributed by atoms with Crippen molar-refractivity contribution >= 4 is 38.9 Å². The Kier molecular flexibility index (Phi) is 3.91. The molecule has 17 heavy (non-hydrogen) atoms. The molecule has 90 valence electrons. The molecule has 2 rings (SSSR count). The van der Waals surface area contributed by atoms with Crippen molar-refractivity contribution in [3.63, 3.8) is 0 Å². The van der Waals surface area contributed by atoms with Gasteiger partial charge in [-0.05, 0) is 38.2 Å². The van der Waals surface area contributed by atoms with E-state index in [1.165, 1.54) is 11.3 Å². The number of nitrogens with zero attached hydrogens (tertiary/aromatic N) is 2. The van der Waals surface area contributed by atoms with E-state index < -0.39 is 0 Å². The van der Waals surface area contributed by atoms with E-state index in [0.29, 0.717) is 10.4 Å². The number of hydrogen-bond acceptors (Lipinski definition) is 4. The lowest BCUT2D eigenvalue weighted by Crippen LogP contribution is -2.32. The van der Waals surface area contributed by atoms with Gasteiger partial charge >= 0.3 is 0 Å². The molecule has 0 atom stereocenters. The molecule has 0 spiro atoms. The van der Waals surface area contributed by atoms with Crippen molar-refractivity contribution in [2.45, 2.75) is 13.8 Å². The monoisotopic (exact) mass is 266 g/mol. The molecule has 0 fully saturated rings. The summed E-state index contributed by atoms with van der Waals surface area (Å²) in [5.41, 5.74) is 0.954. The van der Waals surface area contributed by atoms with Gasteiger partial charge in [0.15, 0.2) is 0 Å². The predicted octanol–water partition coefficient (Wildman–Crippen LogP) is 3.30. The first-order valence-corrected chi connectivity index (χ1v) is 6.79. The number of fused-ring (bicyclic) bond motifs is 1. The number of ether oxygens (including phenoxy) is 1. The van der Waals surface area contributed by atoms with Crippen LogP contribution >= 0.6 is 23.6 Å². The third-order valence-corrected chi connectivity index (χ3v) is 3.73. The smallest absolute Gasteiger partial charge is 0.281 e. The molecule has 0 bridgehead atoms. The Morgan fingerprint density at radius 2 is 2.06 bits per heavy atom. The van der Waals surface area contributed by atoms with Gasteiger partial charge in [-0.2, -0.15) is 0 Å². The molecule has 5 heteroatoms. The highest BCUT2D eigenvalue weighted by Crippen LogP contribution is 2.27. The average molecular weight is 266 g/mol. The Hall–Kier alpha value is -1.20. The van der Waals surface area contributed by atoms with Gasteiger partial charge in [-0.25, -0.2) is 4.98 Å². The molecule has 0 aliphatic heterocycles. The largest absolute Gasteiger partial charge is 0.403 e. The van der Waals surface area contributed by atoms with Gasteiger partial charge in [-0.1, -0.05) is 23.5 Å². The first kappa shape index (κ1) is 12.3. The summed E-state index contributed by atoms with van der Waals surface area (Å²) >= 11 is 6.75. The van der Waals surface area contributed by atoms with Crippen LogP contribution in [0, 0.1) is 0 Å². The molecule has 1 aromatic heterocycles. The molecule has 0 saturated carbocycles. The average Bonchev–Trinajstić information content (AvgIpc) is 2.72. The summed E-state index contributed by atoms with van der Waals surface area (Å²) in [5.74, 6) is 0. The van der Waals surface area contributed by atoms with Crippen molar-refractivity contribution in [3.05, 3.63) is 24.3 Å². The molecule has 3 nitrogen and oxygen atoms in total. The lowest BCUT2D eigenvalue weighted by molar-refractivity contribution is 0.378. The standard InChI is InChI=1S/C12H14N2OS2/c1-3-14(4-2)12(16)15-11-13-9-7-5-6-8-10(9)17-11/h5-8H,3-4H2,1-2H3. The maximum atomic E-state index is 5.61. The van der Waals surface area contributed by atoms with Gasteiger partial charge in [0.05, 0.1) is 10.2 Å². The predicted molar refractivity (Wildman–Crippen MR) is 75.8 cm³/mol. The van der Waals surface area contributed by atoms with Crippen molar-refractivity contribution in [2.75, 3.05) is 13.1 Å². The number of hydrogen-bond donors (Lipinski definition) is 0. The molecule has 0 amide bonds. The number of benzene rings is 1. The van der Waals surface area contributed by atoms with Crippen LogP contribution in [-0.4, -0.2) is 28.1 Å². The van der Waals surface area contributed by atoms with Crippen molar-refractivity contribution in [1.82, 2.24) is 9.88 Å². The van der Waals surface area contributed by atoms with Gasteiger partial charge in [-0.3, -0.25) is 0 Å². The highest BCUT2D eigenvalue weighted by Gasteiger charge is 2.11. The second-order valence-electron chi connectivity index (χ2n) is 3.49. The Balaban J connectivity index is 2.15. The minimum absolute atomic E-state index is 0.494. The van der Waals surface area contributed by atoms with Crippen LogP contribution in [-0.2, 0) is 0 Å². The molecule has 2 aromatic rings. The van der Waals surface area contributed by atoms with Crippen molar-refractivity contribution in [3.8, 4) is 5.19 Å². The zero-order chi connectivity index (χ0) is 12.3. The van der Waals surface area contributed by atoms with Crippen molar-refractivity contribution < 1.29 is 4.74 Å². The number of thiazole rings is 1. The summed E-state index contributed by atoms with van der Waals surface area (Å²) in [6, 6.07) is 7.96. The van der Waals surface area contributed by atoms with Crippen LogP contribution in [0.5, 0.6) is 5.19 Å². The van der Waals surface area contributed by atoms with Gasteiger partial charge in [0.2, 0.25) is 0 Å². The fourth-order valence-electron chi connectivity index (χ4n) is 1.52. The topological polar surface area (TPSA) is 25.4 Å². The molecule has 1 heterocycles. The summed E-state index contributed by atoms with van der Waals surface area (Å²) < 4.78 is 6.72. The van der Waals surface area contributed by atoms with E-state index in [0.717, 1.165) is 23.3 Å². The third-order valence-electron chi connectivity index (χ3n) is 2.47. The van der Waals surface area contributed by atoms with Crippen LogP contribution in [0.1, 0.15) is 13.8 Å². The van der Waals surface area contributed by atoms with E-state index in [1.807, 2.05) is 29.2 Å². The van der Waals surface area contributed by atoms with Gasteiger partial charge < -0.3 is 9.64 Å². The van der Waals surface area contributed by atoms with E-state index in [9.17, 15) is 0 Å². The SMILES string of the molecule is CCN(CC)C(=S)Oc1nc2ccccc2s1. The normalized spacial score (nSPS) is 10.5. The molecule has 0 aliphatic rings. The second-order valence-corrected chi connectivity index (χ2v) is 4.83. The number of rotatable bonds is 3. The van der Waals surface area contributed by atoms with Crippen LogP contribution in [0.3, 0.4) is 0 Å². The quantitative estimate of drug-likeness (QED) is 0.796. The Bertz CT molecular complexity index is 487. The van der Waals surface area contributed by atoms with Crippen LogP contribution < -0.4 is 4.74 Å². The summed E-state index contributed by atoms with van der Waals surface area (Å²) in [4.78, 5) is 6.37. The van der Waals surface area contributed by atoms with Crippen molar-refractivity contribution in [1.29, 1.82) is 0 Å². The zero-order valence-corrected chi connectivity index (χ0v) is 11.5.